The van der Waals surface area contributed by atoms with E-state index in [-0.39, 0.29) is 6.10 Å². The van der Waals surface area contributed by atoms with Crippen molar-refractivity contribution in [2.75, 3.05) is 27.2 Å². The van der Waals surface area contributed by atoms with Gasteiger partial charge in [-0.15, -0.1) is 0 Å². The molecule has 25 heavy (non-hydrogen) atoms. The van der Waals surface area contributed by atoms with Gasteiger partial charge in [-0.1, -0.05) is 54.2 Å². The highest BCUT2D eigenvalue weighted by Crippen LogP contribution is 2.26. The van der Waals surface area contributed by atoms with Gasteiger partial charge in [-0.25, -0.2) is 4.98 Å². The first-order chi connectivity index (χ1) is 12.0. The third-order valence-electron chi connectivity index (χ3n) is 4.28. The first-order valence-corrected chi connectivity index (χ1v) is 9.11. The lowest BCUT2D eigenvalue weighted by molar-refractivity contribution is 0.148. The zero-order valence-electron chi connectivity index (χ0n) is 14.5. The second kappa shape index (κ2) is 8.13. The Kier molecular flexibility index (Phi) is 5.89. The van der Waals surface area contributed by atoms with Gasteiger partial charge in [-0.3, -0.25) is 0 Å². The zero-order valence-corrected chi connectivity index (χ0v) is 16.1. The maximum atomic E-state index is 6.13. The molecule has 2 heterocycles. The molecule has 1 aromatic heterocycles. The summed E-state index contributed by atoms with van der Waals surface area (Å²) < 4.78 is 6.13. The number of benzene rings is 1. The van der Waals surface area contributed by atoms with Crippen molar-refractivity contribution < 1.29 is 4.74 Å². The van der Waals surface area contributed by atoms with E-state index in [1.807, 2.05) is 24.1 Å². The van der Waals surface area contributed by atoms with E-state index >= 15 is 0 Å². The maximum Gasteiger partial charge on any atom is 0.224 e. The maximum absolute atomic E-state index is 6.13. The van der Waals surface area contributed by atoms with Crippen LogP contribution in [0, 0.1) is 0 Å². The third kappa shape index (κ3) is 4.69. The number of hydrogen-bond donors (Lipinski definition) is 0. The van der Waals surface area contributed by atoms with Gasteiger partial charge in [0.15, 0.2) is 0 Å². The Balaban J connectivity index is 1.63. The van der Waals surface area contributed by atoms with E-state index in [0.717, 1.165) is 36.6 Å². The molecule has 0 amide bonds. The topological polar surface area (TPSA) is 28.6 Å². The van der Waals surface area contributed by atoms with E-state index in [0.29, 0.717) is 10.9 Å². The molecule has 0 spiro atoms. The normalized spacial score (nSPS) is 17.2. The molecule has 1 aliphatic rings. The monoisotopic (exact) mass is 375 g/mol. The molecule has 2 aromatic rings. The summed E-state index contributed by atoms with van der Waals surface area (Å²) in [5.74, 6) is 0.578. The Bertz CT molecular complexity index is 741. The fourth-order valence-electron chi connectivity index (χ4n) is 2.95. The molecule has 0 radical (unpaired) electrons. The number of pyridine rings is 1. The molecule has 0 aliphatic carbocycles. The molecule has 1 atom stereocenters. The van der Waals surface area contributed by atoms with E-state index < -0.39 is 0 Å². The number of hydrogen-bond acceptors (Lipinski definition) is 4. The van der Waals surface area contributed by atoms with E-state index in [1.54, 1.807) is 6.20 Å². The van der Waals surface area contributed by atoms with E-state index in [2.05, 4.69) is 41.2 Å². The molecule has 132 valence electrons. The minimum atomic E-state index is 0.0381. The molecule has 1 unspecified atom stereocenters. The van der Waals surface area contributed by atoms with Crippen LogP contribution in [0.2, 0.25) is 5.02 Å². The van der Waals surface area contributed by atoms with Gasteiger partial charge in [0, 0.05) is 26.3 Å². The Labute approximate surface area is 159 Å². The molecule has 1 aromatic carbocycles. The molecule has 0 saturated heterocycles. The van der Waals surface area contributed by atoms with Crippen molar-refractivity contribution in [3.63, 3.8) is 0 Å². The minimum absolute atomic E-state index is 0.0381. The Morgan fingerprint density at radius 2 is 2.12 bits per heavy atom. The first kappa shape index (κ1) is 18.1. The van der Waals surface area contributed by atoms with Gasteiger partial charge < -0.3 is 14.5 Å². The van der Waals surface area contributed by atoms with Crippen molar-refractivity contribution in [1.82, 2.24) is 14.8 Å². The van der Waals surface area contributed by atoms with Gasteiger partial charge in [0.2, 0.25) is 5.88 Å². The van der Waals surface area contributed by atoms with Gasteiger partial charge in [-0.2, -0.15) is 0 Å². The fourth-order valence-corrected chi connectivity index (χ4v) is 3.33. The molecule has 0 saturated carbocycles. The van der Waals surface area contributed by atoms with Crippen LogP contribution in [0.25, 0.3) is 0 Å². The third-order valence-corrected chi connectivity index (χ3v) is 5.02. The summed E-state index contributed by atoms with van der Waals surface area (Å²) >= 11 is 11.6. The highest BCUT2D eigenvalue weighted by atomic mass is 35.5. The lowest BCUT2D eigenvalue weighted by atomic mass is 10.2. The Hall–Kier alpha value is -1.69. The SMILES string of the molecule is CN(CCC1CN(C)C(=S)c2cc(Cl)cnc2O1)Cc1ccccc1. The highest BCUT2D eigenvalue weighted by molar-refractivity contribution is 7.80. The molecule has 0 N–H and O–H groups in total. The Morgan fingerprint density at radius 3 is 2.88 bits per heavy atom. The van der Waals surface area contributed by atoms with Crippen molar-refractivity contribution in [2.24, 2.45) is 0 Å². The molecule has 1 aliphatic heterocycles. The number of halogens is 1. The predicted octanol–water partition coefficient (Wildman–Crippen LogP) is 3.63. The van der Waals surface area contributed by atoms with E-state index in [4.69, 9.17) is 28.6 Å². The summed E-state index contributed by atoms with van der Waals surface area (Å²) in [6.07, 6.45) is 2.54. The lowest BCUT2D eigenvalue weighted by Gasteiger charge is -2.24. The number of nitrogens with zero attached hydrogens (tertiary/aromatic N) is 3. The minimum Gasteiger partial charge on any atom is -0.472 e. The summed E-state index contributed by atoms with van der Waals surface area (Å²) in [5.41, 5.74) is 2.11. The van der Waals surface area contributed by atoms with E-state index in [9.17, 15) is 0 Å². The molecule has 6 heteroatoms. The number of likely N-dealkylation sites (N-methyl/N-ethyl adjacent to an activating group) is 1. The molecular formula is C19H22ClN3OS. The summed E-state index contributed by atoms with van der Waals surface area (Å²) in [6.45, 7) is 2.60. The van der Waals surface area contributed by atoms with Crippen LogP contribution < -0.4 is 4.74 Å². The molecular weight excluding hydrogens is 354 g/mol. The number of fused-ring (bicyclic) bond motifs is 1. The van der Waals surface area contributed by atoms with Crippen LogP contribution in [0.4, 0.5) is 0 Å². The number of rotatable bonds is 5. The molecule has 0 bridgehead atoms. The average molecular weight is 376 g/mol. The van der Waals surface area contributed by atoms with Gasteiger partial charge >= 0.3 is 0 Å². The quantitative estimate of drug-likeness (QED) is 0.744. The second-order valence-electron chi connectivity index (χ2n) is 6.44. The largest absolute Gasteiger partial charge is 0.472 e. The van der Waals surface area contributed by atoms with Crippen molar-refractivity contribution in [1.29, 1.82) is 0 Å². The van der Waals surface area contributed by atoms with Gasteiger partial charge in [-0.05, 0) is 25.1 Å². The van der Waals surface area contributed by atoms with Crippen molar-refractivity contribution in [3.05, 3.63) is 58.7 Å². The zero-order chi connectivity index (χ0) is 17.8. The van der Waals surface area contributed by atoms with Crippen LogP contribution in [-0.4, -0.2) is 53.1 Å². The predicted molar refractivity (Wildman–Crippen MR) is 105 cm³/mol. The van der Waals surface area contributed by atoms with Crippen molar-refractivity contribution in [2.45, 2.75) is 19.1 Å². The lowest BCUT2D eigenvalue weighted by Crippen LogP contribution is -2.35. The van der Waals surface area contributed by atoms with Gasteiger partial charge in [0.25, 0.3) is 0 Å². The number of thiocarbonyl (C=S) groups is 1. The average Bonchev–Trinajstić information content (AvgIpc) is 2.72. The fraction of sp³-hybridized carbons (Fsp3) is 0.368. The number of aromatic nitrogens is 1. The second-order valence-corrected chi connectivity index (χ2v) is 7.27. The Morgan fingerprint density at radius 1 is 1.36 bits per heavy atom. The summed E-state index contributed by atoms with van der Waals surface area (Å²) in [7, 11) is 4.12. The summed E-state index contributed by atoms with van der Waals surface area (Å²) in [4.78, 5) is 9.40. The standard InChI is InChI=1S/C19H22ClN3OS/c1-22(12-14-6-4-3-5-7-14)9-8-16-13-23(2)19(25)17-10-15(20)11-21-18(17)24-16/h3-7,10-11,16H,8-9,12-13H2,1-2H3. The van der Waals surface area contributed by atoms with Crippen LogP contribution in [0.1, 0.15) is 17.5 Å². The van der Waals surface area contributed by atoms with E-state index in [1.165, 1.54) is 5.56 Å². The highest BCUT2D eigenvalue weighted by Gasteiger charge is 2.25. The van der Waals surface area contributed by atoms with Crippen LogP contribution in [-0.2, 0) is 6.54 Å². The first-order valence-electron chi connectivity index (χ1n) is 8.33. The molecule has 4 nitrogen and oxygen atoms in total. The summed E-state index contributed by atoms with van der Waals surface area (Å²) in [6, 6.07) is 12.3. The van der Waals surface area contributed by atoms with Crippen LogP contribution >= 0.6 is 23.8 Å². The summed E-state index contributed by atoms with van der Waals surface area (Å²) in [5, 5.41) is 0.569. The molecule has 3 rings (SSSR count). The van der Waals surface area contributed by atoms with Gasteiger partial charge in [0.1, 0.15) is 11.1 Å². The van der Waals surface area contributed by atoms with Crippen LogP contribution in [0.15, 0.2) is 42.6 Å². The number of ether oxygens (including phenoxy) is 1. The molecule has 0 fully saturated rings. The van der Waals surface area contributed by atoms with Crippen molar-refractivity contribution >= 4 is 28.8 Å². The van der Waals surface area contributed by atoms with Crippen molar-refractivity contribution in [3.8, 4) is 5.88 Å². The smallest absolute Gasteiger partial charge is 0.224 e. The van der Waals surface area contributed by atoms with Crippen LogP contribution in [0.3, 0.4) is 0 Å². The van der Waals surface area contributed by atoms with Crippen LogP contribution in [0.5, 0.6) is 5.88 Å². The van der Waals surface area contributed by atoms with Gasteiger partial charge in [0.05, 0.1) is 17.1 Å².